The van der Waals surface area contributed by atoms with Gasteiger partial charge in [0.25, 0.3) is 0 Å². The third-order valence-corrected chi connectivity index (χ3v) is 5.02. The fourth-order valence-corrected chi connectivity index (χ4v) is 3.66. The van der Waals surface area contributed by atoms with E-state index in [1.807, 2.05) is 22.9 Å². The van der Waals surface area contributed by atoms with E-state index in [9.17, 15) is 5.26 Å². The molecule has 4 heteroatoms. The number of rotatable bonds is 5. The summed E-state index contributed by atoms with van der Waals surface area (Å²) >= 11 is 0. The van der Waals surface area contributed by atoms with Gasteiger partial charge in [0.1, 0.15) is 0 Å². The Bertz CT molecular complexity index is 1130. The minimum Gasteiger partial charge on any atom is -0.347 e. The second-order valence-electron chi connectivity index (χ2n) is 6.93. The Morgan fingerprint density at radius 1 is 1.00 bits per heavy atom. The van der Waals surface area contributed by atoms with Crippen LogP contribution in [0.4, 0.5) is 0 Å². The van der Waals surface area contributed by atoms with Crippen LogP contribution in [-0.2, 0) is 6.54 Å². The standard InChI is InChI=1S/C24H22N4/c1-3-12-27-13-10-23(24(27)22-9-4-19(16-25)15-18(22)2)20-5-7-21(8-6-20)28-14-11-26-17-28/h4-11,13-15,17H,3,12H2,1-2H3. The average Bonchev–Trinajstić information content (AvgIpc) is 3.39. The summed E-state index contributed by atoms with van der Waals surface area (Å²) in [6, 6.07) is 18.9. The fraction of sp³-hybridized carbons (Fsp3) is 0.167. The minimum absolute atomic E-state index is 0.695. The van der Waals surface area contributed by atoms with Crippen molar-refractivity contribution in [3.63, 3.8) is 0 Å². The molecule has 2 heterocycles. The van der Waals surface area contributed by atoms with E-state index in [-0.39, 0.29) is 0 Å². The first-order valence-corrected chi connectivity index (χ1v) is 9.50. The van der Waals surface area contributed by atoms with Crippen molar-refractivity contribution < 1.29 is 0 Å². The molecule has 0 saturated heterocycles. The van der Waals surface area contributed by atoms with Crippen molar-refractivity contribution in [2.45, 2.75) is 26.8 Å². The topological polar surface area (TPSA) is 46.5 Å². The summed E-state index contributed by atoms with van der Waals surface area (Å²) in [5.74, 6) is 0. The second-order valence-corrected chi connectivity index (χ2v) is 6.93. The zero-order chi connectivity index (χ0) is 19.5. The molecule has 28 heavy (non-hydrogen) atoms. The summed E-state index contributed by atoms with van der Waals surface area (Å²) in [5, 5.41) is 9.20. The van der Waals surface area contributed by atoms with Gasteiger partial charge in [-0.2, -0.15) is 5.26 Å². The van der Waals surface area contributed by atoms with E-state index in [1.54, 1.807) is 12.5 Å². The zero-order valence-electron chi connectivity index (χ0n) is 16.1. The van der Waals surface area contributed by atoms with E-state index in [2.05, 4.69) is 72.1 Å². The van der Waals surface area contributed by atoms with Gasteiger partial charge in [0, 0.05) is 41.9 Å². The van der Waals surface area contributed by atoms with Gasteiger partial charge in [0.15, 0.2) is 0 Å². The molecule has 0 atom stereocenters. The van der Waals surface area contributed by atoms with Crippen molar-refractivity contribution in [2.24, 2.45) is 0 Å². The third kappa shape index (κ3) is 3.23. The quantitative estimate of drug-likeness (QED) is 0.462. The van der Waals surface area contributed by atoms with Crippen molar-refractivity contribution in [3.8, 4) is 34.1 Å². The highest BCUT2D eigenvalue weighted by molar-refractivity contribution is 5.83. The van der Waals surface area contributed by atoms with Crippen LogP contribution in [0.3, 0.4) is 0 Å². The Kier molecular flexibility index (Phi) is 4.82. The first-order chi connectivity index (χ1) is 13.7. The lowest BCUT2D eigenvalue weighted by Gasteiger charge is -2.14. The van der Waals surface area contributed by atoms with Crippen molar-refractivity contribution in [1.82, 2.24) is 14.1 Å². The van der Waals surface area contributed by atoms with Gasteiger partial charge in [0.05, 0.1) is 23.7 Å². The van der Waals surface area contributed by atoms with Crippen LogP contribution in [0.5, 0.6) is 0 Å². The molecule has 138 valence electrons. The van der Waals surface area contributed by atoms with Crippen LogP contribution < -0.4 is 0 Å². The van der Waals surface area contributed by atoms with E-state index >= 15 is 0 Å². The number of imidazole rings is 1. The monoisotopic (exact) mass is 366 g/mol. The molecule has 4 aromatic rings. The largest absolute Gasteiger partial charge is 0.347 e. The van der Waals surface area contributed by atoms with Crippen LogP contribution in [0.15, 0.2) is 73.4 Å². The van der Waals surface area contributed by atoms with Crippen LogP contribution in [-0.4, -0.2) is 14.1 Å². The Morgan fingerprint density at radius 2 is 1.82 bits per heavy atom. The summed E-state index contributed by atoms with van der Waals surface area (Å²) in [6.45, 7) is 5.22. The zero-order valence-corrected chi connectivity index (χ0v) is 16.1. The van der Waals surface area contributed by atoms with Gasteiger partial charge in [-0.3, -0.25) is 0 Å². The van der Waals surface area contributed by atoms with Gasteiger partial charge in [-0.1, -0.05) is 25.1 Å². The summed E-state index contributed by atoms with van der Waals surface area (Å²) < 4.78 is 4.31. The molecule has 0 unspecified atom stereocenters. The molecule has 0 saturated carbocycles. The Labute approximate surface area is 165 Å². The molecule has 0 aliphatic rings. The SMILES string of the molecule is CCCn1ccc(-c2ccc(-n3ccnc3)cc2)c1-c1ccc(C#N)cc1C. The van der Waals surface area contributed by atoms with Gasteiger partial charge >= 0.3 is 0 Å². The number of aromatic nitrogens is 3. The first-order valence-electron chi connectivity index (χ1n) is 9.50. The van der Waals surface area contributed by atoms with Crippen molar-refractivity contribution in [3.05, 3.63) is 84.6 Å². The summed E-state index contributed by atoms with van der Waals surface area (Å²) in [6.07, 6.45) is 8.76. The van der Waals surface area contributed by atoms with E-state index in [1.165, 1.54) is 22.4 Å². The Hall–Kier alpha value is -3.58. The molecule has 0 fully saturated rings. The predicted octanol–water partition coefficient (Wildman–Crippen LogP) is 5.60. The number of benzene rings is 2. The van der Waals surface area contributed by atoms with E-state index in [0.717, 1.165) is 24.2 Å². The van der Waals surface area contributed by atoms with E-state index in [0.29, 0.717) is 5.56 Å². The third-order valence-electron chi connectivity index (χ3n) is 5.02. The van der Waals surface area contributed by atoms with Gasteiger partial charge < -0.3 is 9.13 Å². The molecule has 0 bridgehead atoms. The van der Waals surface area contributed by atoms with Crippen molar-refractivity contribution >= 4 is 0 Å². The van der Waals surface area contributed by atoms with Gasteiger partial charge in [0.2, 0.25) is 0 Å². The highest BCUT2D eigenvalue weighted by atomic mass is 15.0. The summed E-state index contributed by atoms with van der Waals surface area (Å²) in [7, 11) is 0. The maximum atomic E-state index is 9.20. The molecule has 0 aliphatic heterocycles. The number of nitrogens with zero attached hydrogens (tertiary/aromatic N) is 4. The smallest absolute Gasteiger partial charge is 0.0991 e. The molecule has 4 nitrogen and oxygen atoms in total. The molecule has 4 rings (SSSR count). The van der Waals surface area contributed by atoms with Crippen LogP contribution in [0, 0.1) is 18.3 Å². The van der Waals surface area contributed by atoms with Gasteiger partial charge in [-0.25, -0.2) is 4.98 Å². The lowest BCUT2D eigenvalue weighted by Crippen LogP contribution is -2.00. The lowest BCUT2D eigenvalue weighted by atomic mass is 9.97. The number of aryl methyl sites for hydroxylation is 2. The minimum atomic E-state index is 0.695. The first kappa shape index (κ1) is 17.8. The van der Waals surface area contributed by atoms with Gasteiger partial charge in [-0.05, 0) is 54.8 Å². The lowest BCUT2D eigenvalue weighted by molar-refractivity contribution is 0.689. The number of nitriles is 1. The van der Waals surface area contributed by atoms with Crippen molar-refractivity contribution in [2.75, 3.05) is 0 Å². The molecule has 0 amide bonds. The highest BCUT2D eigenvalue weighted by Gasteiger charge is 2.15. The summed E-state index contributed by atoms with van der Waals surface area (Å²) in [5.41, 5.74) is 7.67. The fourth-order valence-electron chi connectivity index (χ4n) is 3.66. The van der Waals surface area contributed by atoms with Crippen LogP contribution in [0.25, 0.3) is 28.1 Å². The summed E-state index contributed by atoms with van der Waals surface area (Å²) in [4.78, 5) is 4.12. The molecule has 0 spiro atoms. The van der Waals surface area contributed by atoms with Crippen LogP contribution >= 0.6 is 0 Å². The molecule has 2 aromatic carbocycles. The normalized spacial score (nSPS) is 10.8. The molecule has 0 radical (unpaired) electrons. The number of hydrogen-bond donors (Lipinski definition) is 0. The predicted molar refractivity (Wildman–Crippen MR) is 112 cm³/mol. The maximum Gasteiger partial charge on any atom is 0.0991 e. The second kappa shape index (κ2) is 7.58. The van der Waals surface area contributed by atoms with E-state index < -0.39 is 0 Å². The van der Waals surface area contributed by atoms with Crippen LogP contribution in [0.1, 0.15) is 24.5 Å². The molecule has 0 N–H and O–H groups in total. The van der Waals surface area contributed by atoms with Crippen molar-refractivity contribution in [1.29, 1.82) is 5.26 Å². The molecular weight excluding hydrogens is 344 g/mol. The highest BCUT2D eigenvalue weighted by Crippen LogP contribution is 2.36. The van der Waals surface area contributed by atoms with Gasteiger partial charge in [-0.15, -0.1) is 0 Å². The maximum absolute atomic E-state index is 9.20. The van der Waals surface area contributed by atoms with E-state index in [4.69, 9.17) is 0 Å². The van der Waals surface area contributed by atoms with Crippen LogP contribution in [0.2, 0.25) is 0 Å². The average molecular weight is 366 g/mol. The molecule has 2 aromatic heterocycles. The Balaban J connectivity index is 1.81. The Morgan fingerprint density at radius 3 is 2.46 bits per heavy atom. The molecule has 0 aliphatic carbocycles. The molecular formula is C24H22N4. The number of hydrogen-bond acceptors (Lipinski definition) is 2.